The maximum absolute atomic E-state index is 3.10. The van der Waals surface area contributed by atoms with E-state index in [0.29, 0.717) is 0 Å². The van der Waals surface area contributed by atoms with Gasteiger partial charge in [-0.1, -0.05) is 23.9 Å². The summed E-state index contributed by atoms with van der Waals surface area (Å²) in [6.45, 7) is 0. The molecule has 1 N–H and O–H groups in total. The third-order valence-electron chi connectivity index (χ3n) is 0.402. The minimum atomic E-state index is 1.20. The zero-order valence-electron chi connectivity index (χ0n) is 3.14. The van der Waals surface area contributed by atoms with E-state index in [1.54, 1.807) is 23.9 Å². The highest BCUT2D eigenvalue weighted by Gasteiger charge is 1.95. The van der Waals surface area contributed by atoms with Crippen LogP contribution in [0.4, 0.5) is 0 Å². The monoisotopic (exact) mass is 139 g/mol. The van der Waals surface area contributed by atoms with E-state index < -0.39 is 0 Å². The third kappa shape index (κ3) is 1.64. The Kier molecular flexibility index (Phi) is 2.64. The number of hydrogen-bond acceptors (Lipinski definition) is 4. The lowest BCUT2D eigenvalue weighted by atomic mass is 11.9. The van der Waals surface area contributed by atoms with Gasteiger partial charge in [0.05, 0.1) is 10.2 Å². The van der Waals surface area contributed by atoms with Crippen molar-refractivity contribution in [1.82, 2.24) is 4.13 Å². The molecule has 6 heavy (non-hydrogen) atoms. The predicted octanol–water partition coefficient (Wildman–Crippen LogP) is 1.53. The van der Waals surface area contributed by atoms with Crippen LogP contribution >= 0.6 is 35.7 Å². The summed E-state index contributed by atoms with van der Waals surface area (Å²) in [5.41, 5.74) is 0. The highest BCUT2D eigenvalue weighted by atomic mass is 32.3. The van der Waals surface area contributed by atoms with Gasteiger partial charge in [-0.25, -0.2) is 4.13 Å². The second-order valence-electron chi connectivity index (χ2n) is 0.812. The van der Waals surface area contributed by atoms with E-state index in [0.717, 1.165) is 0 Å². The molecule has 1 fully saturated rings. The van der Waals surface area contributed by atoms with Gasteiger partial charge in [0.2, 0.25) is 0 Å². The van der Waals surface area contributed by atoms with E-state index in [2.05, 4.69) is 4.13 Å². The summed E-state index contributed by atoms with van der Waals surface area (Å²) in [7, 11) is 0. The van der Waals surface area contributed by atoms with Crippen LogP contribution in [0.25, 0.3) is 0 Å². The Labute approximate surface area is 50.3 Å². The Hall–Kier alpha value is 1.01. The van der Waals surface area contributed by atoms with Gasteiger partial charge in [0.25, 0.3) is 0 Å². The molecule has 0 saturated carbocycles. The zero-order valence-corrected chi connectivity index (χ0v) is 5.59. The molecule has 1 saturated heterocycles. The van der Waals surface area contributed by atoms with Gasteiger partial charge in [-0.15, -0.1) is 11.8 Å². The molecule has 1 rings (SSSR count). The van der Waals surface area contributed by atoms with Crippen molar-refractivity contribution in [1.29, 1.82) is 0 Å². The average Bonchev–Trinajstić information content (AvgIpc) is 1.72. The summed E-state index contributed by atoms with van der Waals surface area (Å²) in [6.07, 6.45) is 0. The summed E-state index contributed by atoms with van der Waals surface area (Å²) >= 11 is 5.50. The molecule has 1 aliphatic rings. The van der Waals surface area contributed by atoms with Gasteiger partial charge in [-0.3, -0.25) is 0 Å². The third-order valence-corrected chi connectivity index (χ3v) is 3.62. The first-order valence-electron chi connectivity index (χ1n) is 1.56. The first kappa shape index (κ1) is 5.15. The molecule has 0 aliphatic carbocycles. The molecule has 0 aromatic carbocycles. The van der Waals surface area contributed by atoms with E-state index in [-0.39, 0.29) is 0 Å². The largest absolute Gasteiger partial charge is 0.207 e. The van der Waals surface area contributed by atoms with Crippen LogP contribution < -0.4 is 4.13 Å². The van der Waals surface area contributed by atoms with Gasteiger partial charge in [0, 0.05) is 0 Å². The molecule has 0 atom stereocenters. The SMILES string of the molecule is C1SCSNS1. The summed E-state index contributed by atoms with van der Waals surface area (Å²) in [5, 5.41) is 2.40. The Bertz CT molecular complexity index is 24.3. The topological polar surface area (TPSA) is 12.0 Å². The van der Waals surface area contributed by atoms with Crippen LogP contribution in [0, 0.1) is 0 Å². The van der Waals surface area contributed by atoms with Crippen molar-refractivity contribution >= 4 is 35.7 Å². The van der Waals surface area contributed by atoms with Crippen molar-refractivity contribution in [2.45, 2.75) is 0 Å². The Balaban J connectivity index is 2.00. The standard InChI is InChI=1S/C2H5NS3/c1-4-2-6-3-5-1/h3H,1-2H2. The minimum absolute atomic E-state index is 1.20. The van der Waals surface area contributed by atoms with Crippen molar-refractivity contribution in [2.24, 2.45) is 0 Å². The quantitative estimate of drug-likeness (QED) is 0.511. The highest BCUT2D eigenvalue weighted by molar-refractivity contribution is 8.29. The van der Waals surface area contributed by atoms with Crippen molar-refractivity contribution in [2.75, 3.05) is 10.2 Å². The number of nitrogens with one attached hydrogen (secondary N) is 1. The van der Waals surface area contributed by atoms with Gasteiger partial charge in [0.1, 0.15) is 0 Å². The lowest BCUT2D eigenvalue weighted by Crippen LogP contribution is -1.96. The first-order chi connectivity index (χ1) is 3.00. The molecule has 0 radical (unpaired) electrons. The molecule has 36 valence electrons. The minimum Gasteiger partial charge on any atom is -0.207 e. The second kappa shape index (κ2) is 3.07. The molecule has 0 unspecified atom stereocenters. The van der Waals surface area contributed by atoms with E-state index in [1.807, 2.05) is 11.8 Å². The molecular weight excluding hydrogens is 134 g/mol. The predicted molar refractivity (Wildman–Crippen MR) is 35.6 cm³/mol. The lowest BCUT2D eigenvalue weighted by Gasteiger charge is -2.06. The Morgan fingerprint density at radius 3 is 2.00 bits per heavy atom. The van der Waals surface area contributed by atoms with Gasteiger partial charge < -0.3 is 0 Å². The average molecular weight is 139 g/mol. The molecule has 1 heterocycles. The van der Waals surface area contributed by atoms with Crippen molar-refractivity contribution in [3.05, 3.63) is 0 Å². The van der Waals surface area contributed by atoms with Crippen LogP contribution in [0.15, 0.2) is 0 Å². The van der Waals surface area contributed by atoms with Crippen LogP contribution in [0.3, 0.4) is 0 Å². The van der Waals surface area contributed by atoms with Gasteiger partial charge >= 0.3 is 0 Å². The molecule has 0 aromatic heterocycles. The van der Waals surface area contributed by atoms with Gasteiger partial charge in [0.15, 0.2) is 0 Å². The molecule has 0 spiro atoms. The van der Waals surface area contributed by atoms with E-state index in [1.165, 1.54) is 10.2 Å². The molecule has 1 aliphatic heterocycles. The molecule has 0 bridgehead atoms. The molecule has 0 aromatic rings. The van der Waals surface area contributed by atoms with Crippen LogP contribution in [0.2, 0.25) is 0 Å². The fraction of sp³-hybridized carbons (Fsp3) is 1.00. The van der Waals surface area contributed by atoms with E-state index in [9.17, 15) is 0 Å². The molecule has 1 nitrogen and oxygen atoms in total. The summed E-state index contributed by atoms with van der Waals surface area (Å²) in [4.78, 5) is 0. The van der Waals surface area contributed by atoms with Crippen LogP contribution in [0.5, 0.6) is 0 Å². The fourth-order valence-electron chi connectivity index (χ4n) is 0.207. The van der Waals surface area contributed by atoms with Crippen LogP contribution in [0.1, 0.15) is 0 Å². The van der Waals surface area contributed by atoms with E-state index >= 15 is 0 Å². The summed E-state index contributed by atoms with van der Waals surface area (Å²) in [6, 6.07) is 0. The van der Waals surface area contributed by atoms with Gasteiger partial charge in [-0.05, 0) is 0 Å². The maximum Gasteiger partial charge on any atom is 0.0554 e. The van der Waals surface area contributed by atoms with E-state index in [4.69, 9.17) is 0 Å². The smallest absolute Gasteiger partial charge is 0.0554 e. The van der Waals surface area contributed by atoms with Crippen LogP contribution in [-0.4, -0.2) is 10.2 Å². The van der Waals surface area contributed by atoms with Crippen molar-refractivity contribution in [3.8, 4) is 0 Å². The lowest BCUT2D eigenvalue weighted by molar-refractivity contribution is 1.72. The number of rotatable bonds is 0. The first-order valence-corrected chi connectivity index (χ1v) is 4.69. The Morgan fingerprint density at radius 2 is 1.83 bits per heavy atom. The highest BCUT2D eigenvalue weighted by Crippen LogP contribution is 2.22. The Morgan fingerprint density at radius 1 is 1.17 bits per heavy atom. The summed E-state index contributed by atoms with van der Waals surface area (Å²) < 4.78 is 3.10. The maximum atomic E-state index is 3.10. The number of thioether (sulfide) groups is 1. The number of hydrogen-bond donors (Lipinski definition) is 1. The normalized spacial score (nSPS) is 24.0. The molecule has 0 amide bonds. The zero-order chi connectivity index (χ0) is 4.24. The summed E-state index contributed by atoms with van der Waals surface area (Å²) in [5.74, 6) is 0. The van der Waals surface area contributed by atoms with Crippen molar-refractivity contribution < 1.29 is 0 Å². The molecular formula is C2H5NS3. The van der Waals surface area contributed by atoms with Crippen molar-refractivity contribution in [3.63, 3.8) is 0 Å². The molecule has 4 heteroatoms. The van der Waals surface area contributed by atoms with Gasteiger partial charge in [-0.2, -0.15) is 0 Å². The fourth-order valence-corrected chi connectivity index (χ4v) is 3.34. The van der Waals surface area contributed by atoms with Crippen LogP contribution in [-0.2, 0) is 0 Å². The second-order valence-corrected chi connectivity index (χ2v) is 4.35.